The molecule has 3 heteroatoms. The van der Waals surface area contributed by atoms with Gasteiger partial charge in [-0.2, -0.15) is 0 Å². The first-order chi connectivity index (χ1) is 10.5. The van der Waals surface area contributed by atoms with Crippen molar-refractivity contribution in [2.75, 3.05) is 6.61 Å². The summed E-state index contributed by atoms with van der Waals surface area (Å²) in [6.07, 6.45) is 5.67. The fraction of sp³-hybridized carbons (Fsp3) is 0.579. The Morgan fingerprint density at radius 3 is 2.32 bits per heavy atom. The Bertz CT molecular complexity index is 409. The van der Waals surface area contributed by atoms with Crippen LogP contribution in [-0.4, -0.2) is 18.9 Å². The summed E-state index contributed by atoms with van der Waals surface area (Å²) in [7, 11) is 0. The molecule has 0 N–H and O–H groups in total. The van der Waals surface area contributed by atoms with Gasteiger partial charge in [0.25, 0.3) is 0 Å². The number of esters is 1. The van der Waals surface area contributed by atoms with Crippen molar-refractivity contribution in [1.29, 1.82) is 0 Å². The maximum Gasteiger partial charge on any atom is 0.305 e. The van der Waals surface area contributed by atoms with Crippen LogP contribution in [0, 0.1) is 12.8 Å². The van der Waals surface area contributed by atoms with E-state index in [1.165, 1.54) is 17.5 Å². The van der Waals surface area contributed by atoms with Crippen LogP contribution in [0.2, 0.25) is 0 Å². The smallest absolute Gasteiger partial charge is 0.305 e. The average Bonchev–Trinajstić information content (AvgIpc) is 2.54. The number of aldehydes is 1. The Hall–Kier alpha value is -1.64. The molecule has 1 rings (SSSR count). The van der Waals surface area contributed by atoms with Crippen LogP contribution in [0.15, 0.2) is 24.3 Å². The second-order valence-electron chi connectivity index (χ2n) is 5.58. The van der Waals surface area contributed by atoms with Crippen molar-refractivity contribution in [3.8, 4) is 0 Å². The van der Waals surface area contributed by atoms with Crippen molar-refractivity contribution in [1.82, 2.24) is 0 Å². The van der Waals surface area contributed by atoms with Gasteiger partial charge in [-0.1, -0.05) is 63.4 Å². The molecule has 0 aliphatic rings. The summed E-state index contributed by atoms with van der Waals surface area (Å²) in [6, 6.07) is 8.31. The summed E-state index contributed by atoms with van der Waals surface area (Å²) in [5.74, 6) is 0.0452. The predicted octanol–water partition coefficient (Wildman–Crippen LogP) is 4.50. The average molecular weight is 306 g/mol. The van der Waals surface area contributed by atoms with Gasteiger partial charge in [0, 0.05) is 12.3 Å². The lowest BCUT2D eigenvalue weighted by atomic mass is 10.0. The zero-order valence-corrected chi connectivity index (χ0v) is 14.4. The van der Waals surface area contributed by atoms with E-state index in [-0.39, 0.29) is 11.9 Å². The summed E-state index contributed by atoms with van der Waals surface area (Å²) in [5.41, 5.74) is 2.50. The Labute approximate surface area is 135 Å². The van der Waals surface area contributed by atoms with Gasteiger partial charge in [-0.3, -0.25) is 4.79 Å². The standard InChI is InChI=1S/C11H14O.C8H16O2/c1-9-3-5-11(6-4-9)7-10(2)8-12;1-3-5-6-7-10-8(9)4-2/h3-6,8,10H,7H2,1-2H3;3-7H2,1-2H3. The topological polar surface area (TPSA) is 43.4 Å². The largest absolute Gasteiger partial charge is 0.466 e. The number of carbonyl (C=O) groups is 2. The molecule has 1 aromatic rings. The summed E-state index contributed by atoms with van der Waals surface area (Å²) in [6.45, 7) is 8.53. The fourth-order valence-corrected chi connectivity index (χ4v) is 1.78. The lowest BCUT2D eigenvalue weighted by Gasteiger charge is -2.03. The van der Waals surface area contributed by atoms with Crippen molar-refractivity contribution in [2.24, 2.45) is 5.92 Å². The molecule has 0 aliphatic carbocycles. The molecule has 1 atom stereocenters. The van der Waals surface area contributed by atoms with E-state index in [0.29, 0.717) is 13.0 Å². The van der Waals surface area contributed by atoms with Crippen molar-refractivity contribution in [3.63, 3.8) is 0 Å². The lowest BCUT2D eigenvalue weighted by molar-refractivity contribution is -0.143. The molecular weight excluding hydrogens is 276 g/mol. The van der Waals surface area contributed by atoms with Gasteiger partial charge in [-0.15, -0.1) is 0 Å². The summed E-state index contributed by atoms with van der Waals surface area (Å²) < 4.78 is 4.85. The first kappa shape index (κ1) is 20.4. The van der Waals surface area contributed by atoms with Crippen LogP contribution in [0.3, 0.4) is 0 Å². The molecule has 3 nitrogen and oxygen atoms in total. The zero-order valence-electron chi connectivity index (χ0n) is 14.4. The van der Waals surface area contributed by atoms with Crippen LogP contribution < -0.4 is 0 Å². The molecule has 0 aromatic heterocycles. The maximum atomic E-state index is 10.6. The van der Waals surface area contributed by atoms with Gasteiger partial charge < -0.3 is 9.53 Å². The number of ether oxygens (including phenoxy) is 1. The molecule has 124 valence electrons. The SMILES string of the molecule is CCCCCOC(=O)CC.Cc1ccc(CC(C)C=O)cc1. The van der Waals surface area contributed by atoms with Crippen molar-refractivity contribution < 1.29 is 14.3 Å². The van der Waals surface area contributed by atoms with Crippen LogP contribution >= 0.6 is 0 Å². The summed E-state index contributed by atoms with van der Waals surface area (Å²) in [4.78, 5) is 20.9. The van der Waals surface area contributed by atoms with Crippen molar-refractivity contribution in [2.45, 2.75) is 59.8 Å². The van der Waals surface area contributed by atoms with E-state index in [2.05, 4.69) is 38.1 Å². The second kappa shape index (κ2) is 13.1. The van der Waals surface area contributed by atoms with E-state index in [1.54, 1.807) is 0 Å². The second-order valence-corrected chi connectivity index (χ2v) is 5.58. The Morgan fingerprint density at radius 1 is 1.18 bits per heavy atom. The molecule has 0 spiro atoms. The van der Waals surface area contributed by atoms with E-state index < -0.39 is 0 Å². The van der Waals surface area contributed by atoms with Gasteiger partial charge in [-0.05, 0) is 25.3 Å². The van der Waals surface area contributed by atoms with E-state index >= 15 is 0 Å². The van der Waals surface area contributed by atoms with E-state index in [4.69, 9.17) is 4.74 Å². The number of carbonyl (C=O) groups excluding carboxylic acids is 2. The molecule has 1 unspecified atom stereocenters. The highest BCUT2D eigenvalue weighted by atomic mass is 16.5. The first-order valence-electron chi connectivity index (χ1n) is 8.19. The number of unbranched alkanes of at least 4 members (excludes halogenated alkanes) is 2. The van der Waals surface area contributed by atoms with Crippen LogP contribution in [0.1, 0.15) is 57.6 Å². The number of hydrogen-bond acceptors (Lipinski definition) is 3. The predicted molar refractivity (Wildman–Crippen MR) is 90.9 cm³/mol. The van der Waals surface area contributed by atoms with Crippen LogP contribution in [0.25, 0.3) is 0 Å². The molecule has 1 aromatic carbocycles. The third-order valence-electron chi connectivity index (χ3n) is 3.21. The zero-order chi connectivity index (χ0) is 16.8. The molecule has 0 radical (unpaired) electrons. The van der Waals surface area contributed by atoms with Gasteiger partial charge in [0.15, 0.2) is 0 Å². The highest BCUT2D eigenvalue weighted by Gasteiger charge is 2.00. The highest BCUT2D eigenvalue weighted by molar-refractivity contribution is 5.68. The third-order valence-corrected chi connectivity index (χ3v) is 3.21. The third kappa shape index (κ3) is 11.1. The molecule has 0 saturated heterocycles. The number of hydrogen-bond donors (Lipinski definition) is 0. The molecule has 0 saturated carbocycles. The normalized spacial score (nSPS) is 11.1. The van der Waals surface area contributed by atoms with Crippen LogP contribution in [0.4, 0.5) is 0 Å². The van der Waals surface area contributed by atoms with Crippen LogP contribution in [-0.2, 0) is 20.7 Å². The Morgan fingerprint density at radius 2 is 1.82 bits per heavy atom. The quantitative estimate of drug-likeness (QED) is 0.403. The highest BCUT2D eigenvalue weighted by Crippen LogP contribution is 2.07. The maximum absolute atomic E-state index is 10.6. The van der Waals surface area contributed by atoms with Gasteiger partial charge >= 0.3 is 5.97 Å². The Kier molecular flexibility index (Phi) is 12.1. The monoisotopic (exact) mass is 306 g/mol. The van der Waals surface area contributed by atoms with Gasteiger partial charge in [0.1, 0.15) is 6.29 Å². The van der Waals surface area contributed by atoms with E-state index in [9.17, 15) is 9.59 Å². The minimum Gasteiger partial charge on any atom is -0.466 e. The lowest BCUT2D eigenvalue weighted by Crippen LogP contribution is -2.03. The molecule has 0 bridgehead atoms. The van der Waals surface area contributed by atoms with Crippen molar-refractivity contribution in [3.05, 3.63) is 35.4 Å². The van der Waals surface area contributed by atoms with Gasteiger partial charge in [0.05, 0.1) is 6.61 Å². The molecular formula is C19H30O3. The molecule has 0 fully saturated rings. The minimum atomic E-state index is -0.0869. The molecule has 0 amide bonds. The summed E-state index contributed by atoms with van der Waals surface area (Å²) >= 11 is 0. The molecule has 22 heavy (non-hydrogen) atoms. The van der Waals surface area contributed by atoms with Crippen molar-refractivity contribution >= 4 is 12.3 Å². The van der Waals surface area contributed by atoms with E-state index in [1.807, 2.05) is 13.8 Å². The minimum absolute atomic E-state index is 0.0869. The summed E-state index contributed by atoms with van der Waals surface area (Å²) in [5, 5.41) is 0. The number of rotatable bonds is 8. The Balaban J connectivity index is 0.000000409. The fourth-order valence-electron chi connectivity index (χ4n) is 1.78. The van der Waals surface area contributed by atoms with Gasteiger partial charge in [-0.25, -0.2) is 0 Å². The molecule has 0 aliphatic heterocycles. The van der Waals surface area contributed by atoms with Crippen LogP contribution in [0.5, 0.6) is 0 Å². The number of aryl methyl sites for hydroxylation is 1. The first-order valence-corrected chi connectivity index (χ1v) is 8.19. The van der Waals surface area contributed by atoms with E-state index in [0.717, 1.165) is 25.5 Å². The number of benzene rings is 1. The molecule has 0 heterocycles. The van der Waals surface area contributed by atoms with Gasteiger partial charge in [0.2, 0.25) is 0 Å².